The zero-order valence-corrected chi connectivity index (χ0v) is 11.4. The van der Waals surface area contributed by atoms with Gasteiger partial charge in [0.25, 0.3) is 0 Å². The first-order chi connectivity index (χ1) is 9.25. The number of carbonyl (C=O) groups excluding carboxylic acids is 1. The fraction of sp³-hybridized carbons (Fsp3) is 0.188. The predicted octanol–water partition coefficient (Wildman–Crippen LogP) is 2.86. The van der Waals surface area contributed by atoms with Gasteiger partial charge < -0.3 is 0 Å². The van der Waals surface area contributed by atoms with Crippen LogP contribution in [0.15, 0.2) is 60.7 Å². The van der Waals surface area contributed by atoms with Crippen LogP contribution in [0.25, 0.3) is 0 Å². The monoisotopic (exact) mass is 272 g/mol. The van der Waals surface area contributed by atoms with Crippen LogP contribution in [-0.4, -0.2) is 21.5 Å². The molecular formula is C16H16O2S. The lowest BCUT2D eigenvalue weighted by Gasteiger charge is -2.03. The lowest BCUT2D eigenvalue weighted by molar-refractivity contribution is 0.102. The normalized spacial score (nSPS) is 12.0. The van der Waals surface area contributed by atoms with Crippen molar-refractivity contribution in [1.29, 1.82) is 0 Å². The van der Waals surface area contributed by atoms with Gasteiger partial charge in [0, 0.05) is 22.1 Å². The number of ketones is 1. The molecule has 1 unspecified atom stereocenters. The van der Waals surface area contributed by atoms with Gasteiger partial charge in [-0.1, -0.05) is 60.7 Å². The van der Waals surface area contributed by atoms with E-state index in [9.17, 15) is 9.00 Å². The molecule has 0 N–H and O–H groups in total. The van der Waals surface area contributed by atoms with Gasteiger partial charge in [-0.2, -0.15) is 0 Å². The fourth-order valence-electron chi connectivity index (χ4n) is 1.80. The molecule has 0 spiro atoms. The van der Waals surface area contributed by atoms with Crippen molar-refractivity contribution in [3.63, 3.8) is 0 Å². The Hall–Kier alpha value is -1.74. The summed E-state index contributed by atoms with van der Waals surface area (Å²) in [6.45, 7) is 0. The molecule has 0 aromatic heterocycles. The predicted molar refractivity (Wildman–Crippen MR) is 78.8 cm³/mol. The third kappa shape index (κ3) is 4.45. The summed E-state index contributed by atoms with van der Waals surface area (Å²) in [6.07, 6.45) is 0.746. The maximum Gasteiger partial charge on any atom is 0.175 e. The first-order valence-electron chi connectivity index (χ1n) is 6.23. The van der Waals surface area contributed by atoms with Crippen molar-refractivity contribution < 1.29 is 9.00 Å². The highest BCUT2D eigenvalue weighted by Crippen LogP contribution is 2.04. The average molecular weight is 272 g/mol. The smallest absolute Gasteiger partial charge is 0.175 e. The van der Waals surface area contributed by atoms with E-state index in [1.807, 2.05) is 48.5 Å². The van der Waals surface area contributed by atoms with Crippen LogP contribution in [-0.2, 0) is 17.2 Å². The van der Waals surface area contributed by atoms with E-state index in [-0.39, 0.29) is 11.5 Å². The summed E-state index contributed by atoms with van der Waals surface area (Å²) in [5, 5.41) is 0. The molecule has 98 valence electrons. The average Bonchev–Trinajstić information content (AvgIpc) is 2.47. The number of aryl methyl sites for hydroxylation is 1. The number of hydrogen-bond donors (Lipinski definition) is 0. The molecule has 0 aliphatic carbocycles. The first-order valence-corrected chi connectivity index (χ1v) is 7.71. The Morgan fingerprint density at radius 1 is 0.895 bits per heavy atom. The number of rotatable bonds is 6. The molecule has 2 nitrogen and oxygen atoms in total. The zero-order chi connectivity index (χ0) is 13.5. The lowest BCUT2D eigenvalue weighted by Crippen LogP contribution is -2.14. The van der Waals surface area contributed by atoms with Crippen molar-refractivity contribution in [2.75, 3.05) is 11.5 Å². The van der Waals surface area contributed by atoms with Gasteiger partial charge in [0.2, 0.25) is 0 Å². The van der Waals surface area contributed by atoms with Gasteiger partial charge >= 0.3 is 0 Å². The summed E-state index contributed by atoms with van der Waals surface area (Å²) >= 11 is 0. The van der Waals surface area contributed by atoms with E-state index in [0.29, 0.717) is 11.3 Å². The summed E-state index contributed by atoms with van der Waals surface area (Å²) in [4.78, 5) is 11.9. The van der Waals surface area contributed by atoms with Crippen LogP contribution in [0.4, 0.5) is 0 Å². The van der Waals surface area contributed by atoms with Crippen LogP contribution in [0.2, 0.25) is 0 Å². The van der Waals surface area contributed by atoms with Gasteiger partial charge in [-0.3, -0.25) is 9.00 Å². The van der Waals surface area contributed by atoms with E-state index < -0.39 is 10.8 Å². The highest BCUT2D eigenvalue weighted by atomic mass is 32.2. The van der Waals surface area contributed by atoms with Crippen molar-refractivity contribution in [3.05, 3.63) is 71.8 Å². The molecular weight excluding hydrogens is 256 g/mol. The van der Waals surface area contributed by atoms with E-state index in [1.165, 1.54) is 0 Å². The summed E-state index contributed by atoms with van der Waals surface area (Å²) in [6, 6.07) is 18.9. The second-order valence-corrected chi connectivity index (χ2v) is 5.89. The van der Waals surface area contributed by atoms with E-state index >= 15 is 0 Å². The SMILES string of the molecule is O=C(CS(=O)CCc1ccccc1)c1ccccc1. The van der Waals surface area contributed by atoms with Crippen molar-refractivity contribution >= 4 is 16.6 Å². The van der Waals surface area contributed by atoms with Gasteiger partial charge in [-0.05, 0) is 12.0 Å². The Balaban J connectivity index is 1.83. The highest BCUT2D eigenvalue weighted by Gasteiger charge is 2.10. The van der Waals surface area contributed by atoms with Crippen LogP contribution in [0.5, 0.6) is 0 Å². The molecule has 2 rings (SSSR count). The Kier molecular flexibility index (Phi) is 5.04. The highest BCUT2D eigenvalue weighted by molar-refractivity contribution is 7.85. The molecule has 2 aromatic carbocycles. The number of Topliss-reactive ketones (excluding diaryl/α,β-unsaturated/α-hetero) is 1. The van der Waals surface area contributed by atoms with Gasteiger partial charge in [0.1, 0.15) is 0 Å². The lowest BCUT2D eigenvalue weighted by atomic mass is 10.2. The topological polar surface area (TPSA) is 34.1 Å². The summed E-state index contributed by atoms with van der Waals surface area (Å²) in [5.74, 6) is 0.589. The largest absolute Gasteiger partial charge is 0.293 e. The zero-order valence-electron chi connectivity index (χ0n) is 10.6. The third-order valence-electron chi connectivity index (χ3n) is 2.85. The molecule has 0 amide bonds. The van der Waals surface area contributed by atoms with Crippen molar-refractivity contribution in [2.45, 2.75) is 6.42 Å². The maximum atomic E-state index is 11.9. The van der Waals surface area contributed by atoms with Crippen LogP contribution in [0.3, 0.4) is 0 Å². The van der Waals surface area contributed by atoms with Gasteiger partial charge in [0.05, 0.1) is 5.75 Å². The number of carbonyl (C=O) groups is 1. The molecule has 3 heteroatoms. The van der Waals surface area contributed by atoms with Gasteiger partial charge in [-0.25, -0.2) is 0 Å². The molecule has 0 radical (unpaired) electrons. The number of benzene rings is 2. The maximum absolute atomic E-state index is 11.9. The standard InChI is InChI=1S/C16H16O2S/c17-16(15-9-5-2-6-10-15)13-19(18)12-11-14-7-3-1-4-8-14/h1-10H,11-13H2. The minimum atomic E-state index is -1.10. The minimum absolute atomic E-state index is 0.0491. The Bertz CT molecular complexity index is 549. The first kappa shape index (κ1) is 13.7. The second kappa shape index (κ2) is 7.00. The molecule has 0 heterocycles. The van der Waals surface area contributed by atoms with Crippen molar-refractivity contribution in [3.8, 4) is 0 Å². The molecule has 0 saturated carbocycles. The van der Waals surface area contributed by atoms with E-state index in [0.717, 1.165) is 12.0 Å². The molecule has 0 saturated heterocycles. The van der Waals surface area contributed by atoms with Crippen molar-refractivity contribution in [1.82, 2.24) is 0 Å². The van der Waals surface area contributed by atoms with Crippen molar-refractivity contribution in [2.24, 2.45) is 0 Å². The number of hydrogen-bond acceptors (Lipinski definition) is 2. The molecule has 0 aliphatic rings. The molecule has 0 bridgehead atoms. The minimum Gasteiger partial charge on any atom is -0.293 e. The van der Waals surface area contributed by atoms with Crippen LogP contribution in [0, 0.1) is 0 Å². The summed E-state index contributed by atoms with van der Waals surface area (Å²) < 4.78 is 11.9. The van der Waals surface area contributed by atoms with Gasteiger partial charge in [-0.15, -0.1) is 0 Å². The summed E-state index contributed by atoms with van der Waals surface area (Å²) in [7, 11) is -1.10. The van der Waals surface area contributed by atoms with E-state index in [1.54, 1.807) is 12.1 Å². The fourth-order valence-corrected chi connectivity index (χ4v) is 2.87. The second-order valence-electron chi connectivity index (χ2n) is 4.31. The Labute approximate surface area is 115 Å². The molecule has 0 fully saturated rings. The summed E-state index contributed by atoms with van der Waals surface area (Å²) in [5.41, 5.74) is 1.79. The quantitative estimate of drug-likeness (QED) is 0.758. The van der Waals surface area contributed by atoms with E-state index in [2.05, 4.69) is 0 Å². The molecule has 0 aliphatic heterocycles. The van der Waals surface area contributed by atoms with Gasteiger partial charge in [0.15, 0.2) is 5.78 Å². The molecule has 1 atom stereocenters. The van der Waals surface area contributed by atoms with Crippen LogP contribution in [0.1, 0.15) is 15.9 Å². The Morgan fingerprint density at radius 3 is 2.11 bits per heavy atom. The van der Waals surface area contributed by atoms with E-state index in [4.69, 9.17) is 0 Å². The third-order valence-corrected chi connectivity index (χ3v) is 4.09. The van der Waals surface area contributed by atoms with Crippen LogP contribution >= 0.6 is 0 Å². The van der Waals surface area contributed by atoms with Crippen LogP contribution < -0.4 is 0 Å². The molecule has 2 aromatic rings. The molecule has 19 heavy (non-hydrogen) atoms. The Morgan fingerprint density at radius 2 is 1.47 bits per heavy atom.